The molecule has 0 aliphatic heterocycles. The fourth-order valence-corrected chi connectivity index (χ4v) is 5.99. The molecule has 3 aromatic carbocycles. The maximum atomic E-state index is 12.8. The zero-order chi connectivity index (χ0) is 26.3. The molecule has 4 aromatic rings. The van der Waals surface area contributed by atoms with Gasteiger partial charge in [-0.15, -0.1) is 0 Å². The van der Waals surface area contributed by atoms with Crippen LogP contribution in [-0.2, 0) is 21.4 Å². The Balaban J connectivity index is 1.47. The third kappa shape index (κ3) is 7.69. The van der Waals surface area contributed by atoms with E-state index in [1.807, 2.05) is 60.7 Å². The number of nitrogens with zero attached hydrogens (tertiary/aromatic N) is 1. The second kappa shape index (κ2) is 12.4. The summed E-state index contributed by atoms with van der Waals surface area (Å²) >= 11 is 7.24. The highest BCUT2D eigenvalue weighted by Gasteiger charge is 2.20. The van der Waals surface area contributed by atoms with Gasteiger partial charge in [0.15, 0.2) is 0 Å². The predicted octanol–water partition coefficient (Wildman–Crippen LogP) is 5.69. The highest BCUT2D eigenvalue weighted by Crippen LogP contribution is 2.32. The van der Waals surface area contributed by atoms with E-state index in [2.05, 4.69) is 9.71 Å². The Morgan fingerprint density at radius 2 is 1.81 bits per heavy atom. The number of carboxylic acid groups (broad SMARTS) is 1. The Hall–Kier alpha value is -3.11. The van der Waals surface area contributed by atoms with Crippen molar-refractivity contribution in [3.63, 3.8) is 0 Å². The molecule has 0 radical (unpaired) electrons. The van der Waals surface area contributed by atoms with Crippen LogP contribution in [0.15, 0.2) is 89.8 Å². The van der Waals surface area contributed by atoms with Crippen LogP contribution in [0.5, 0.6) is 5.75 Å². The van der Waals surface area contributed by atoms with Crippen LogP contribution in [0.1, 0.15) is 22.9 Å². The normalized spacial score (nSPS) is 12.4. The molecule has 10 heteroatoms. The number of para-hydroxylation sites is 1. The number of carbonyl (C=O) groups is 1. The highest BCUT2D eigenvalue weighted by atomic mass is 35.5. The highest BCUT2D eigenvalue weighted by molar-refractivity contribution is 7.99. The van der Waals surface area contributed by atoms with E-state index >= 15 is 0 Å². The molecule has 7 nitrogen and oxygen atoms in total. The first-order valence-corrected chi connectivity index (χ1v) is 14.4. The van der Waals surface area contributed by atoms with Crippen LogP contribution in [-0.4, -0.2) is 36.8 Å². The first kappa shape index (κ1) is 26.9. The molecule has 0 aliphatic rings. The van der Waals surface area contributed by atoms with Gasteiger partial charge in [0.1, 0.15) is 12.4 Å². The van der Waals surface area contributed by atoms with Crippen LogP contribution >= 0.6 is 23.4 Å². The molecule has 0 aliphatic carbocycles. The van der Waals surface area contributed by atoms with Gasteiger partial charge >= 0.3 is 5.97 Å². The standard InChI is InChI=1S/C27H25ClN2O5S2/c28-21-9-12-24(13-10-21)37(33,34)29-17-26(36-15-14-27(31)32)20-5-3-6-23(16-20)35-18-22-11-8-19-4-1-2-7-25(19)30-22/h1-13,16,26,29H,14-15,17-18H2,(H,31,32). The Bertz CT molecular complexity index is 1480. The van der Waals surface area contributed by atoms with Gasteiger partial charge in [-0.1, -0.05) is 48.0 Å². The first-order chi connectivity index (χ1) is 17.8. The number of sulfonamides is 1. The zero-order valence-corrected chi connectivity index (χ0v) is 22.1. The fourth-order valence-electron chi connectivity index (χ4n) is 3.59. The van der Waals surface area contributed by atoms with Crippen molar-refractivity contribution in [1.29, 1.82) is 0 Å². The van der Waals surface area contributed by atoms with E-state index in [0.29, 0.717) is 16.5 Å². The van der Waals surface area contributed by atoms with E-state index in [9.17, 15) is 13.2 Å². The number of rotatable bonds is 12. The summed E-state index contributed by atoms with van der Waals surface area (Å²) < 4.78 is 34.2. The van der Waals surface area contributed by atoms with Gasteiger partial charge in [-0.2, -0.15) is 11.8 Å². The molecule has 1 atom stereocenters. The summed E-state index contributed by atoms with van der Waals surface area (Å²) in [5, 5.41) is 10.2. The van der Waals surface area contributed by atoms with Crippen LogP contribution in [0.2, 0.25) is 5.02 Å². The van der Waals surface area contributed by atoms with Crippen molar-refractivity contribution >= 4 is 50.3 Å². The van der Waals surface area contributed by atoms with Crippen molar-refractivity contribution in [1.82, 2.24) is 9.71 Å². The molecular weight excluding hydrogens is 532 g/mol. The number of fused-ring (bicyclic) bond motifs is 1. The lowest BCUT2D eigenvalue weighted by Crippen LogP contribution is -2.28. The Labute approximate surface area is 224 Å². The molecule has 0 saturated heterocycles. The number of ether oxygens (including phenoxy) is 1. The minimum absolute atomic E-state index is 0.0328. The Morgan fingerprint density at radius 3 is 2.59 bits per heavy atom. The number of aromatic nitrogens is 1. The lowest BCUT2D eigenvalue weighted by Gasteiger charge is -2.19. The third-order valence-corrected chi connectivity index (χ3v) is 8.46. The molecule has 4 rings (SSSR count). The van der Waals surface area contributed by atoms with Gasteiger partial charge in [0.25, 0.3) is 0 Å². The lowest BCUT2D eigenvalue weighted by atomic mass is 10.1. The van der Waals surface area contributed by atoms with Crippen LogP contribution in [0.4, 0.5) is 0 Å². The van der Waals surface area contributed by atoms with Gasteiger partial charge < -0.3 is 9.84 Å². The molecule has 1 unspecified atom stereocenters. The average molecular weight is 557 g/mol. The molecule has 0 fully saturated rings. The molecule has 0 saturated carbocycles. The Morgan fingerprint density at radius 1 is 1.03 bits per heavy atom. The maximum Gasteiger partial charge on any atom is 0.304 e. The smallest absolute Gasteiger partial charge is 0.304 e. The van der Waals surface area contributed by atoms with Gasteiger partial charge in [0, 0.05) is 28.0 Å². The summed E-state index contributed by atoms with van der Waals surface area (Å²) in [5.41, 5.74) is 2.49. The summed E-state index contributed by atoms with van der Waals surface area (Å²) in [6, 6.07) is 25.0. The number of halogens is 1. The number of carboxylic acids is 1. The number of hydrogen-bond donors (Lipinski definition) is 2. The molecule has 0 amide bonds. The van der Waals surface area contributed by atoms with Crippen molar-refractivity contribution < 1.29 is 23.1 Å². The van der Waals surface area contributed by atoms with E-state index < -0.39 is 16.0 Å². The van der Waals surface area contributed by atoms with Crippen molar-refractivity contribution in [2.45, 2.75) is 23.2 Å². The van der Waals surface area contributed by atoms with Gasteiger partial charge in [-0.05, 0) is 54.1 Å². The number of thioether (sulfide) groups is 1. The fraction of sp³-hybridized carbons (Fsp3) is 0.185. The summed E-state index contributed by atoms with van der Waals surface area (Å²) in [4.78, 5) is 15.8. The van der Waals surface area contributed by atoms with E-state index in [1.54, 1.807) is 0 Å². The summed E-state index contributed by atoms with van der Waals surface area (Å²) in [5.74, 6) is 0.0270. The summed E-state index contributed by atoms with van der Waals surface area (Å²) in [6.07, 6.45) is -0.0328. The van der Waals surface area contributed by atoms with Crippen LogP contribution in [0.25, 0.3) is 10.9 Å². The van der Waals surface area contributed by atoms with E-state index in [4.69, 9.17) is 21.4 Å². The molecule has 1 heterocycles. The van der Waals surface area contributed by atoms with Crippen molar-refractivity contribution in [3.05, 3.63) is 101 Å². The maximum absolute atomic E-state index is 12.8. The van der Waals surface area contributed by atoms with Crippen molar-refractivity contribution in [2.24, 2.45) is 0 Å². The third-order valence-electron chi connectivity index (χ3n) is 5.49. The van der Waals surface area contributed by atoms with Gasteiger partial charge in [0.2, 0.25) is 10.0 Å². The van der Waals surface area contributed by atoms with E-state index in [0.717, 1.165) is 22.2 Å². The molecule has 192 valence electrons. The van der Waals surface area contributed by atoms with Crippen LogP contribution in [0, 0.1) is 0 Å². The van der Waals surface area contributed by atoms with Gasteiger partial charge in [0.05, 0.1) is 22.5 Å². The summed E-state index contributed by atoms with van der Waals surface area (Å²) in [7, 11) is -3.77. The SMILES string of the molecule is O=C(O)CCSC(CNS(=O)(=O)c1ccc(Cl)cc1)c1cccc(OCc2ccc3ccccc3n2)c1. The molecular formula is C27H25ClN2O5S2. The number of aliphatic carboxylic acids is 1. The molecule has 1 aromatic heterocycles. The van der Waals surface area contributed by atoms with Gasteiger partial charge in [-0.25, -0.2) is 18.1 Å². The minimum Gasteiger partial charge on any atom is -0.487 e. The Kier molecular flexibility index (Phi) is 9.04. The number of pyridine rings is 1. The topological polar surface area (TPSA) is 106 Å². The number of benzene rings is 3. The molecule has 0 bridgehead atoms. The van der Waals surface area contributed by atoms with E-state index in [-0.39, 0.29) is 29.7 Å². The zero-order valence-electron chi connectivity index (χ0n) is 19.7. The summed E-state index contributed by atoms with van der Waals surface area (Å²) in [6.45, 7) is 0.346. The predicted molar refractivity (Wildman–Crippen MR) is 147 cm³/mol. The minimum atomic E-state index is -3.77. The lowest BCUT2D eigenvalue weighted by molar-refractivity contribution is -0.136. The molecule has 37 heavy (non-hydrogen) atoms. The number of nitrogens with one attached hydrogen (secondary N) is 1. The second-order valence-corrected chi connectivity index (χ2v) is 11.7. The van der Waals surface area contributed by atoms with Crippen LogP contribution < -0.4 is 9.46 Å². The van der Waals surface area contributed by atoms with E-state index in [1.165, 1.54) is 36.0 Å². The van der Waals surface area contributed by atoms with Crippen molar-refractivity contribution in [3.8, 4) is 5.75 Å². The molecule has 2 N–H and O–H groups in total. The second-order valence-electron chi connectivity index (χ2n) is 8.17. The van der Waals surface area contributed by atoms with Gasteiger partial charge in [-0.3, -0.25) is 4.79 Å². The van der Waals surface area contributed by atoms with Crippen LogP contribution in [0.3, 0.4) is 0 Å². The quantitative estimate of drug-likeness (QED) is 0.231. The molecule has 0 spiro atoms. The number of hydrogen-bond acceptors (Lipinski definition) is 6. The first-order valence-electron chi connectivity index (χ1n) is 11.5. The monoisotopic (exact) mass is 556 g/mol. The van der Waals surface area contributed by atoms with Crippen molar-refractivity contribution in [2.75, 3.05) is 12.3 Å². The average Bonchev–Trinajstić information content (AvgIpc) is 2.89. The largest absolute Gasteiger partial charge is 0.487 e.